The van der Waals surface area contributed by atoms with Crippen LogP contribution in [0, 0.1) is 5.82 Å². The molecule has 0 radical (unpaired) electrons. The van der Waals surface area contributed by atoms with Crippen LogP contribution in [0.3, 0.4) is 0 Å². The van der Waals surface area contributed by atoms with Crippen molar-refractivity contribution in [2.24, 2.45) is 0 Å². The lowest BCUT2D eigenvalue weighted by atomic mass is 10.0. The molecule has 26 heavy (non-hydrogen) atoms. The van der Waals surface area contributed by atoms with Crippen LogP contribution in [0.25, 0.3) is 22.2 Å². The monoisotopic (exact) mass is 372 g/mol. The van der Waals surface area contributed by atoms with E-state index in [2.05, 4.69) is 20.0 Å². The van der Waals surface area contributed by atoms with Crippen molar-refractivity contribution in [3.05, 3.63) is 42.3 Å². The second kappa shape index (κ2) is 8.23. The molecule has 0 saturated heterocycles. The number of aromatic amines is 1. The largest absolute Gasteiger partial charge is 0.346 e. The Hall–Kier alpha value is -2.54. The van der Waals surface area contributed by atoms with Crippen LogP contribution >= 0.6 is 11.9 Å². The number of benzene rings is 1. The van der Waals surface area contributed by atoms with Gasteiger partial charge in [0.2, 0.25) is 5.91 Å². The van der Waals surface area contributed by atoms with Crippen LogP contribution in [0.2, 0.25) is 0 Å². The van der Waals surface area contributed by atoms with Gasteiger partial charge >= 0.3 is 0 Å². The number of aromatic nitrogens is 2. The molecule has 0 spiro atoms. The molecule has 0 aliphatic heterocycles. The van der Waals surface area contributed by atoms with E-state index in [1.54, 1.807) is 18.3 Å². The van der Waals surface area contributed by atoms with Gasteiger partial charge in [-0.15, -0.1) is 0 Å². The Morgan fingerprint density at radius 2 is 2.12 bits per heavy atom. The van der Waals surface area contributed by atoms with Gasteiger partial charge in [-0.25, -0.2) is 9.37 Å². The molecule has 3 rings (SSSR count). The van der Waals surface area contributed by atoms with E-state index in [9.17, 15) is 9.18 Å². The standard InChI is InChI=1S/C19H21FN4OS/c1-3-5-18(25)22-17-11-14(13-8-9-21-19(13)23-17)12-6-7-16(15(20)10-12)24-26-4-2/h6-11,24H,3-5H2,1-2H3,(H2,21,22,23,25). The van der Waals surface area contributed by atoms with Crippen LogP contribution in [0.4, 0.5) is 15.9 Å². The normalized spacial score (nSPS) is 10.9. The molecule has 0 bridgehead atoms. The third-order valence-corrected chi connectivity index (χ3v) is 4.53. The minimum absolute atomic E-state index is 0.0841. The van der Waals surface area contributed by atoms with Gasteiger partial charge in [-0.3, -0.25) is 4.79 Å². The highest BCUT2D eigenvalue weighted by molar-refractivity contribution is 8.00. The Morgan fingerprint density at radius 1 is 1.27 bits per heavy atom. The minimum atomic E-state index is -0.319. The molecule has 5 nitrogen and oxygen atoms in total. The SMILES string of the molecule is CCCC(=O)Nc1cc(-c2ccc(NSCC)c(F)c2)c2cc[nH]c2n1. The Bertz CT molecular complexity index is 925. The highest BCUT2D eigenvalue weighted by Gasteiger charge is 2.12. The van der Waals surface area contributed by atoms with Gasteiger partial charge in [0.1, 0.15) is 17.3 Å². The van der Waals surface area contributed by atoms with Crippen molar-refractivity contribution in [3.8, 4) is 11.1 Å². The van der Waals surface area contributed by atoms with Crippen molar-refractivity contribution < 1.29 is 9.18 Å². The maximum absolute atomic E-state index is 14.4. The molecule has 2 aromatic heterocycles. The van der Waals surface area contributed by atoms with Crippen molar-refractivity contribution in [3.63, 3.8) is 0 Å². The lowest BCUT2D eigenvalue weighted by Gasteiger charge is -2.11. The van der Waals surface area contributed by atoms with Crippen LogP contribution in [-0.2, 0) is 4.79 Å². The summed E-state index contributed by atoms with van der Waals surface area (Å²) >= 11 is 1.44. The molecule has 0 fully saturated rings. The summed E-state index contributed by atoms with van der Waals surface area (Å²) in [7, 11) is 0. The smallest absolute Gasteiger partial charge is 0.225 e. The van der Waals surface area contributed by atoms with Gasteiger partial charge in [-0.1, -0.05) is 31.9 Å². The molecule has 1 aromatic carbocycles. The van der Waals surface area contributed by atoms with E-state index in [1.807, 2.05) is 26.0 Å². The second-order valence-electron chi connectivity index (χ2n) is 5.82. The number of carbonyl (C=O) groups is 1. The lowest BCUT2D eigenvalue weighted by molar-refractivity contribution is -0.116. The molecule has 0 saturated carbocycles. The average Bonchev–Trinajstić information content (AvgIpc) is 3.08. The summed E-state index contributed by atoms with van der Waals surface area (Å²) in [6.45, 7) is 3.94. The first-order chi connectivity index (χ1) is 12.6. The number of nitrogens with zero attached hydrogens (tertiary/aromatic N) is 1. The van der Waals surface area contributed by atoms with Crippen LogP contribution < -0.4 is 10.0 Å². The maximum atomic E-state index is 14.4. The number of amides is 1. The number of anilines is 2. The molecule has 7 heteroatoms. The molecular formula is C19H21FN4OS. The van der Waals surface area contributed by atoms with Gasteiger partial charge < -0.3 is 15.0 Å². The Morgan fingerprint density at radius 3 is 2.85 bits per heavy atom. The van der Waals surface area contributed by atoms with Crippen LogP contribution in [0.5, 0.6) is 0 Å². The molecular weight excluding hydrogens is 351 g/mol. The fourth-order valence-electron chi connectivity index (χ4n) is 2.69. The van der Waals surface area contributed by atoms with Gasteiger partial charge in [-0.2, -0.15) is 0 Å². The second-order valence-corrected chi connectivity index (χ2v) is 6.89. The number of hydrogen-bond acceptors (Lipinski definition) is 4. The van der Waals surface area contributed by atoms with Gasteiger partial charge in [0.15, 0.2) is 0 Å². The first-order valence-corrected chi connectivity index (χ1v) is 9.56. The predicted octanol–water partition coefficient (Wildman–Crippen LogP) is 5.19. The highest BCUT2D eigenvalue weighted by Crippen LogP contribution is 2.32. The van der Waals surface area contributed by atoms with E-state index in [4.69, 9.17) is 0 Å². The third kappa shape index (κ3) is 3.99. The quantitative estimate of drug-likeness (QED) is 0.499. The summed E-state index contributed by atoms with van der Waals surface area (Å²) in [5.41, 5.74) is 2.65. The molecule has 2 heterocycles. The molecule has 136 valence electrons. The Labute approximate surface area is 155 Å². The van der Waals surface area contributed by atoms with E-state index >= 15 is 0 Å². The number of H-pyrrole nitrogens is 1. The summed E-state index contributed by atoms with van der Waals surface area (Å²) in [5.74, 6) is 0.897. The number of nitrogens with one attached hydrogen (secondary N) is 3. The Kier molecular flexibility index (Phi) is 5.78. The number of rotatable bonds is 7. The number of pyridine rings is 1. The zero-order chi connectivity index (χ0) is 18.5. The molecule has 0 atom stereocenters. The molecule has 3 N–H and O–H groups in total. The molecule has 1 amide bonds. The fourth-order valence-corrected chi connectivity index (χ4v) is 3.15. The zero-order valence-electron chi connectivity index (χ0n) is 14.7. The first-order valence-electron chi connectivity index (χ1n) is 8.58. The van der Waals surface area contributed by atoms with Crippen LogP contribution in [0.1, 0.15) is 26.7 Å². The molecule has 0 unspecified atom stereocenters. The number of halogens is 1. The maximum Gasteiger partial charge on any atom is 0.225 e. The van der Waals surface area contributed by atoms with Crippen LogP contribution in [-0.4, -0.2) is 21.6 Å². The summed E-state index contributed by atoms with van der Waals surface area (Å²) in [5, 5.41) is 3.69. The van der Waals surface area contributed by atoms with Gasteiger partial charge in [0.05, 0.1) is 5.69 Å². The number of fused-ring (bicyclic) bond motifs is 1. The molecule has 0 aliphatic rings. The van der Waals surface area contributed by atoms with Crippen molar-refractivity contribution in [1.29, 1.82) is 0 Å². The number of carbonyl (C=O) groups excluding carboxylic acids is 1. The molecule has 0 aliphatic carbocycles. The van der Waals surface area contributed by atoms with E-state index in [-0.39, 0.29) is 11.7 Å². The average molecular weight is 372 g/mol. The van der Waals surface area contributed by atoms with Crippen molar-refractivity contribution in [1.82, 2.24) is 9.97 Å². The summed E-state index contributed by atoms with van der Waals surface area (Å²) in [6.07, 6.45) is 2.98. The minimum Gasteiger partial charge on any atom is -0.346 e. The van der Waals surface area contributed by atoms with Gasteiger partial charge in [0, 0.05) is 23.8 Å². The Balaban J connectivity index is 1.99. The van der Waals surface area contributed by atoms with E-state index in [0.29, 0.717) is 23.6 Å². The predicted molar refractivity (Wildman–Crippen MR) is 107 cm³/mol. The zero-order valence-corrected chi connectivity index (χ0v) is 15.5. The fraction of sp³-hybridized carbons (Fsp3) is 0.263. The van der Waals surface area contributed by atoms with Crippen LogP contribution in [0.15, 0.2) is 36.5 Å². The third-order valence-electron chi connectivity index (χ3n) is 3.88. The van der Waals surface area contributed by atoms with Crippen molar-refractivity contribution in [2.75, 3.05) is 15.8 Å². The lowest BCUT2D eigenvalue weighted by Crippen LogP contribution is -2.12. The van der Waals surface area contributed by atoms with Gasteiger partial charge in [-0.05, 0) is 41.8 Å². The highest BCUT2D eigenvalue weighted by atomic mass is 32.2. The van der Waals surface area contributed by atoms with Crippen molar-refractivity contribution >= 4 is 40.4 Å². The summed E-state index contributed by atoms with van der Waals surface area (Å²) in [4.78, 5) is 19.4. The van der Waals surface area contributed by atoms with E-state index in [1.165, 1.54) is 18.0 Å². The first kappa shape index (κ1) is 18.3. The number of hydrogen-bond donors (Lipinski definition) is 3. The van der Waals surface area contributed by atoms with Gasteiger partial charge in [0.25, 0.3) is 0 Å². The summed E-state index contributed by atoms with van der Waals surface area (Å²) < 4.78 is 17.4. The van der Waals surface area contributed by atoms with E-state index < -0.39 is 0 Å². The van der Waals surface area contributed by atoms with E-state index in [0.717, 1.165) is 28.7 Å². The molecule has 3 aromatic rings. The summed E-state index contributed by atoms with van der Waals surface area (Å²) in [6, 6.07) is 8.76. The van der Waals surface area contributed by atoms with Crippen molar-refractivity contribution in [2.45, 2.75) is 26.7 Å². The topological polar surface area (TPSA) is 69.8 Å².